The van der Waals surface area contributed by atoms with Gasteiger partial charge in [0.05, 0.1) is 5.56 Å². The van der Waals surface area contributed by atoms with E-state index in [-0.39, 0.29) is 0 Å². The Labute approximate surface area is 92.2 Å². The number of hydrogen-bond acceptors (Lipinski definition) is 1. The highest BCUT2D eigenvalue weighted by Gasteiger charge is 2.11. The molecule has 0 aromatic heterocycles. The third kappa shape index (κ3) is 1.98. The number of carboxylic acids is 1. The standard InChI is InChI=1S/C8H6BrIO2/c9-4-5-2-1-3-6(10)7(5)8(11)12/h1-3H,4H2,(H,11,12). The lowest BCUT2D eigenvalue weighted by Crippen LogP contribution is -2.03. The molecule has 0 fully saturated rings. The molecule has 1 N–H and O–H groups in total. The molecule has 1 aromatic carbocycles. The molecular weight excluding hydrogens is 335 g/mol. The van der Waals surface area contributed by atoms with Gasteiger partial charge < -0.3 is 5.11 Å². The van der Waals surface area contributed by atoms with Crippen LogP contribution in [0.4, 0.5) is 0 Å². The van der Waals surface area contributed by atoms with Gasteiger partial charge in [-0.15, -0.1) is 0 Å². The fourth-order valence-electron chi connectivity index (χ4n) is 0.920. The minimum atomic E-state index is -0.866. The van der Waals surface area contributed by atoms with Crippen molar-refractivity contribution in [2.45, 2.75) is 5.33 Å². The van der Waals surface area contributed by atoms with Crippen LogP contribution < -0.4 is 0 Å². The second-order valence-electron chi connectivity index (χ2n) is 2.21. The van der Waals surface area contributed by atoms with Gasteiger partial charge in [-0.1, -0.05) is 28.1 Å². The van der Waals surface area contributed by atoms with Gasteiger partial charge in [0, 0.05) is 8.90 Å². The van der Waals surface area contributed by atoms with E-state index in [0.717, 1.165) is 9.13 Å². The lowest BCUT2D eigenvalue weighted by atomic mass is 10.1. The molecule has 2 nitrogen and oxygen atoms in total. The summed E-state index contributed by atoms with van der Waals surface area (Å²) >= 11 is 5.27. The molecule has 1 aromatic rings. The molecule has 0 aliphatic rings. The first-order valence-electron chi connectivity index (χ1n) is 3.23. The average molecular weight is 341 g/mol. The fourth-order valence-corrected chi connectivity index (χ4v) is 2.17. The number of benzene rings is 1. The average Bonchev–Trinajstić information content (AvgIpc) is 2.03. The van der Waals surface area contributed by atoms with E-state index < -0.39 is 5.97 Å². The molecule has 0 amide bonds. The van der Waals surface area contributed by atoms with Crippen LogP contribution >= 0.6 is 38.5 Å². The zero-order valence-electron chi connectivity index (χ0n) is 6.05. The molecule has 1 rings (SSSR count). The highest BCUT2D eigenvalue weighted by atomic mass is 127. The number of alkyl halides is 1. The van der Waals surface area contributed by atoms with Crippen molar-refractivity contribution >= 4 is 44.5 Å². The van der Waals surface area contributed by atoms with Crippen LogP contribution in [0, 0.1) is 3.57 Å². The molecule has 0 saturated heterocycles. The largest absolute Gasteiger partial charge is 0.478 e. The van der Waals surface area contributed by atoms with E-state index in [4.69, 9.17) is 5.11 Å². The topological polar surface area (TPSA) is 37.3 Å². The van der Waals surface area contributed by atoms with Gasteiger partial charge >= 0.3 is 5.97 Å². The van der Waals surface area contributed by atoms with Gasteiger partial charge in [0.25, 0.3) is 0 Å². The Bertz CT molecular complexity index is 312. The predicted octanol–water partition coefficient (Wildman–Crippen LogP) is 2.88. The van der Waals surface area contributed by atoms with Crippen molar-refractivity contribution in [1.29, 1.82) is 0 Å². The van der Waals surface area contributed by atoms with Crippen LogP contribution in [0.5, 0.6) is 0 Å². The quantitative estimate of drug-likeness (QED) is 0.664. The molecule has 0 spiro atoms. The molecule has 0 heterocycles. The van der Waals surface area contributed by atoms with E-state index in [0.29, 0.717) is 10.9 Å². The number of aromatic carboxylic acids is 1. The Morgan fingerprint density at radius 2 is 2.25 bits per heavy atom. The molecule has 64 valence electrons. The van der Waals surface area contributed by atoms with Gasteiger partial charge in [-0.05, 0) is 34.2 Å². The number of carboxylic acid groups (broad SMARTS) is 1. The molecule has 4 heteroatoms. The van der Waals surface area contributed by atoms with Crippen LogP contribution in [0.15, 0.2) is 18.2 Å². The van der Waals surface area contributed by atoms with Gasteiger partial charge in [0.1, 0.15) is 0 Å². The summed E-state index contributed by atoms with van der Waals surface area (Å²) < 4.78 is 0.775. The molecule has 0 aliphatic heterocycles. The summed E-state index contributed by atoms with van der Waals surface area (Å²) in [5, 5.41) is 9.43. The summed E-state index contributed by atoms with van der Waals surface area (Å²) in [5.74, 6) is -0.866. The third-order valence-electron chi connectivity index (χ3n) is 1.46. The van der Waals surface area contributed by atoms with Crippen LogP contribution in [-0.4, -0.2) is 11.1 Å². The zero-order valence-corrected chi connectivity index (χ0v) is 9.79. The van der Waals surface area contributed by atoms with Gasteiger partial charge in [-0.25, -0.2) is 4.79 Å². The third-order valence-corrected chi connectivity index (χ3v) is 2.96. The van der Waals surface area contributed by atoms with Crippen LogP contribution in [0.2, 0.25) is 0 Å². The Balaban J connectivity index is 3.29. The summed E-state index contributed by atoms with van der Waals surface area (Å²) in [6, 6.07) is 5.45. The van der Waals surface area contributed by atoms with Gasteiger partial charge in [-0.2, -0.15) is 0 Å². The minimum Gasteiger partial charge on any atom is -0.478 e. The number of carbonyl (C=O) groups is 1. The van der Waals surface area contributed by atoms with Crippen molar-refractivity contribution in [1.82, 2.24) is 0 Å². The first-order chi connectivity index (χ1) is 5.66. The summed E-state index contributed by atoms with van der Waals surface area (Å²) in [6.45, 7) is 0. The Hall–Kier alpha value is -0.100. The van der Waals surface area contributed by atoms with Crippen LogP contribution in [-0.2, 0) is 5.33 Å². The first kappa shape index (κ1) is 9.98. The molecule has 0 aliphatic carbocycles. The maximum atomic E-state index is 10.8. The van der Waals surface area contributed by atoms with Crippen molar-refractivity contribution in [3.05, 3.63) is 32.9 Å². The Morgan fingerprint density at radius 3 is 2.67 bits per heavy atom. The molecule has 0 atom stereocenters. The summed E-state index contributed by atoms with van der Waals surface area (Å²) in [5.41, 5.74) is 1.21. The summed E-state index contributed by atoms with van der Waals surface area (Å²) in [7, 11) is 0. The van der Waals surface area contributed by atoms with Crippen molar-refractivity contribution in [2.24, 2.45) is 0 Å². The van der Waals surface area contributed by atoms with Crippen LogP contribution in [0.25, 0.3) is 0 Å². The van der Waals surface area contributed by atoms with E-state index in [1.54, 1.807) is 12.1 Å². The lowest BCUT2D eigenvalue weighted by molar-refractivity contribution is 0.0695. The fraction of sp³-hybridized carbons (Fsp3) is 0.125. The van der Waals surface area contributed by atoms with Gasteiger partial charge in [0.15, 0.2) is 0 Å². The zero-order chi connectivity index (χ0) is 9.14. The van der Waals surface area contributed by atoms with Crippen molar-refractivity contribution in [3.63, 3.8) is 0 Å². The number of hydrogen-bond donors (Lipinski definition) is 1. The Morgan fingerprint density at radius 1 is 1.58 bits per heavy atom. The van der Waals surface area contributed by atoms with Crippen LogP contribution in [0.1, 0.15) is 15.9 Å². The van der Waals surface area contributed by atoms with Crippen molar-refractivity contribution in [3.8, 4) is 0 Å². The van der Waals surface area contributed by atoms with Crippen molar-refractivity contribution < 1.29 is 9.90 Å². The second-order valence-corrected chi connectivity index (χ2v) is 3.94. The monoisotopic (exact) mass is 340 g/mol. The number of rotatable bonds is 2. The van der Waals surface area contributed by atoms with Gasteiger partial charge in [-0.3, -0.25) is 0 Å². The summed E-state index contributed by atoms with van der Waals surface area (Å²) in [4.78, 5) is 10.8. The smallest absolute Gasteiger partial charge is 0.337 e. The highest BCUT2D eigenvalue weighted by molar-refractivity contribution is 14.1. The first-order valence-corrected chi connectivity index (χ1v) is 5.43. The second kappa shape index (κ2) is 4.23. The van der Waals surface area contributed by atoms with E-state index in [9.17, 15) is 4.79 Å². The molecular formula is C8H6BrIO2. The maximum Gasteiger partial charge on any atom is 0.337 e. The molecule has 0 unspecified atom stereocenters. The predicted molar refractivity (Wildman–Crippen MR) is 58.7 cm³/mol. The minimum absolute atomic E-state index is 0.398. The highest BCUT2D eigenvalue weighted by Crippen LogP contribution is 2.19. The van der Waals surface area contributed by atoms with E-state index in [2.05, 4.69) is 15.9 Å². The molecule has 0 saturated carbocycles. The Kier molecular flexibility index (Phi) is 3.52. The lowest BCUT2D eigenvalue weighted by Gasteiger charge is -2.03. The molecule has 0 bridgehead atoms. The number of halogens is 2. The van der Waals surface area contributed by atoms with Crippen LogP contribution in [0.3, 0.4) is 0 Å². The van der Waals surface area contributed by atoms with Gasteiger partial charge in [0.2, 0.25) is 0 Å². The summed E-state index contributed by atoms with van der Waals surface area (Å²) in [6.07, 6.45) is 0. The molecule has 0 radical (unpaired) electrons. The van der Waals surface area contributed by atoms with E-state index >= 15 is 0 Å². The van der Waals surface area contributed by atoms with E-state index in [1.165, 1.54) is 0 Å². The van der Waals surface area contributed by atoms with E-state index in [1.807, 2.05) is 28.7 Å². The van der Waals surface area contributed by atoms with Crippen molar-refractivity contribution in [2.75, 3.05) is 0 Å². The SMILES string of the molecule is O=C(O)c1c(I)cccc1CBr. The maximum absolute atomic E-state index is 10.8. The molecule has 12 heavy (non-hydrogen) atoms. The normalized spacial score (nSPS) is 9.83.